The summed E-state index contributed by atoms with van der Waals surface area (Å²) in [6, 6.07) is 9.32. The Labute approximate surface area is 117 Å². The van der Waals surface area contributed by atoms with E-state index >= 15 is 0 Å². The fraction of sp³-hybridized carbons (Fsp3) is 0.0714. The predicted octanol–water partition coefficient (Wildman–Crippen LogP) is 1.06. The molecular formula is C14H10N2O5. The van der Waals surface area contributed by atoms with E-state index in [4.69, 9.17) is 4.42 Å². The number of furan rings is 1. The van der Waals surface area contributed by atoms with E-state index in [0.29, 0.717) is 10.9 Å². The Bertz CT molecular complexity index is 948. The third kappa shape index (κ3) is 2.04. The number of fused-ring (bicyclic) bond motifs is 1. The standard InChI is InChI=1S/C14H10N2O5/c1-20-13(18)10-6-7-11(21-10)16-12(17)8-4-2-3-5-9(8)15-14(16)19/h2-7H,1H3,(H,15,19). The number of benzene rings is 1. The van der Waals surface area contributed by atoms with Gasteiger partial charge in [0.05, 0.1) is 18.0 Å². The number of aromatic amines is 1. The largest absolute Gasteiger partial charge is 0.463 e. The van der Waals surface area contributed by atoms with Crippen LogP contribution in [-0.2, 0) is 4.74 Å². The van der Waals surface area contributed by atoms with Gasteiger partial charge in [-0.15, -0.1) is 0 Å². The molecule has 1 aromatic carbocycles. The number of methoxy groups -OCH3 is 1. The molecule has 2 heterocycles. The quantitative estimate of drug-likeness (QED) is 0.711. The lowest BCUT2D eigenvalue weighted by molar-refractivity contribution is 0.0564. The molecule has 0 spiro atoms. The van der Waals surface area contributed by atoms with Crippen LogP contribution in [0.2, 0.25) is 0 Å². The topological polar surface area (TPSA) is 94.3 Å². The highest BCUT2D eigenvalue weighted by Gasteiger charge is 2.16. The summed E-state index contributed by atoms with van der Waals surface area (Å²) in [6.07, 6.45) is 0. The van der Waals surface area contributed by atoms with Crippen molar-refractivity contribution >= 4 is 16.9 Å². The van der Waals surface area contributed by atoms with Crippen LogP contribution in [0.1, 0.15) is 10.6 Å². The summed E-state index contributed by atoms with van der Waals surface area (Å²) in [5.41, 5.74) is -0.743. The Morgan fingerprint density at radius 3 is 2.71 bits per heavy atom. The number of hydrogen-bond acceptors (Lipinski definition) is 5. The number of nitrogens with one attached hydrogen (secondary N) is 1. The molecule has 0 saturated heterocycles. The second-order valence-corrected chi connectivity index (χ2v) is 4.25. The second-order valence-electron chi connectivity index (χ2n) is 4.25. The molecule has 0 atom stereocenters. The van der Waals surface area contributed by atoms with Crippen molar-refractivity contribution in [2.75, 3.05) is 7.11 Å². The highest BCUT2D eigenvalue weighted by Crippen LogP contribution is 2.12. The maximum Gasteiger partial charge on any atom is 0.374 e. The van der Waals surface area contributed by atoms with Crippen LogP contribution in [0.3, 0.4) is 0 Å². The van der Waals surface area contributed by atoms with Crippen LogP contribution in [0.5, 0.6) is 0 Å². The van der Waals surface area contributed by atoms with Gasteiger partial charge in [-0.05, 0) is 18.2 Å². The number of nitrogens with zero attached hydrogens (tertiary/aromatic N) is 1. The Kier molecular flexibility index (Phi) is 2.94. The Morgan fingerprint density at radius 2 is 1.95 bits per heavy atom. The normalized spacial score (nSPS) is 10.7. The van der Waals surface area contributed by atoms with Crippen LogP contribution in [0.25, 0.3) is 16.8 Å². The third-order valence-corrected chi connectivity index (χ3v) is 3.00. The van der Waals surface area contributed by atoms with E-state index < -0.39 is 17.2 Å². The zero-order valence-corrected chi connectivity index (χ0v) is 11.0. The molecule has 0 aliphatic rings. The summed E-state index contributed by atoms with van der Waals surface area (Å²) >= 11 is 0. The van der Waals surface area contributed by atoms with E-state index in [1.54, 1.807) is 24.3 Å². The van der Waals surface area contributed by atoms with Gasteiger partial charge in [0.15, 0.2) is 0 Å². The molecule has 0 aliphatic heterocycles. The van der Waals surface area contributed by atoms with Crippen molar-refractivity contribution in [2.24, 2.45) is 0 Å². The molecule has 0 saturated carbocycles. The second kappa shape index (κ2) is 4.78. The number of carbonyl (C=O) groups is 1. The molecule has 0 unspecified atom stereocenters. The summed E-state index contributed by atoms with van der Waals surface area (Å²) in [5.74, 6) is -0.828. The fourth-order valence-electron chi connectivity index (χ4n) is 2.02. The summed E-state index contributed by atoms with van der Waals surface area (Å²) in [4.78, 5) is 38.3. The van der Waals surface area contributed by atoms with Crippen molar-refractivity contribution in [3.8, 4) is 5.88 Å². The molecule has 0 amide bonds. The first-order valence-corrected chi connectivity index (χ1v) is 6.04. The lowest BCUT2D eigenvalue weighted by Gasteiger charge is -2.02. The van der Waals surface area contributed by atoms with E-state index in [2.05, 4.69) is 9.72 Å². The first kappa shape index (κ1) is 12.9. The summed E-state index contributed by atoms with van der Waals surface area (Å²) in [6.45, 7) is 0. The number of hydrogen-bond donors (Lipinski definition) is 1. The minimum Gasteiger partial charge on any atom is -0.463 e. The molecule has 3 aromatic rings. The lowest BCUT2D eigenvalue weighted by atomic mass is 10.2. The Morgan fingerprint density at radius 1 is 1.19 bits per heavy atom. The zero-order valence-electron chi connectivity index (χ0n) is 11.0. The van der Waals surface area contributed by atoms with Crippen LogP contribution in [0.15, 0.2) is 50.4 Å². The fourth-order valence-corrected chi connectivity index (χ4v) is 2.02. The van der Waals surface area contributed by atoms with Gasteiger partial charge < -0.3 is 14.1 Å². The molecule has 3 rings (SSSR count). The molecule has 1 N–H and O–H groups in total. The van der Waals surface area contributed by atoms with Gasteiger partial charge in [-0.25, -0.2) is 9.59 Å². The highest BCUT2D eigenvalue weighted by molar-refractivity contribution is 5.86. The predicted molar refractivity (Wildman–Crippen MR) is 73.8 cm³/mol. The number of aromatic nitrogens is 2. The molecule has 2 aromatic heterocycles. The van der Waals surface area contributed by atoms with Gasteiger partial charge in [-0.1, -0.05) is 12.1 Å². The van der Waals surface area contributed by atoms with Crippen molar-refractivity contribution in [3.63, 3.8) is 0 Å². The van der Waals surface area contributed by atoms with Crippen molar-refractivity contribution in [2.45, 2.75) is 0 Å². The maximum atomic E-state index is 12.4. The zero-order chi connectivity index (χ0) is 15.0. The summed E-state index contributed by atoms with van der Waals surface area (Å²) in [5, 5.41) is 0.341. The molecular weight excluding hydrogens is 276 g/mol. The number of esters is 1. The van der Waals surface area contributed by atoms with Crippen LogP contribution < -0.4 is 11.2 Å². The average molecular weight is 286 g/mol. The van der Waals surface area contributed by atoms with Crippen molar-refractivity contribution in [1.29, 1.82) is 0 Å². The van der Waals surface area contributed by atoms with Gasteiger partial charge in [0.25, 0.3) is 5.56 Å². The van der Waals surface area contributed by atoms with Crippen molar-refractivity contribution in [1.82, 2.24) is 9.55 Å². The molecule has 7 nitrogen and oxygen atoms in total. The lowest BCUT2D eigenvalue weighted by Crippen LogP contribution is -2.33. The van der Waals surface area contributed by atoms with E-state index in [-0.39, 0.29) is 11.6 Å². The van der Waals surface area contributed by atoms with E-state index in [1.807, 2.05) is 0 Å². The van der Waals surface area contributed by atoms with Crippen LogP contribution in [0.4, 0.5) is 0 Å². The van der Waals surface area contributed by atoms with E-state index in [1.165, 1.54) is 19.2 Å². The summed E-state index contributed by atoms with van der Waals surface area (Å²) in [7, 11) is 1.21. The maximum absolute atomic E-state index is 12.4. The number of H-pyrrole nitrogens is 1. The van der Waals surface area contributed by atoms with E-state index in [0.717, 1.165) is 4.57 Å². The van der Waals surface area contributed by atoms with Crippen LogP contribution in [0, 0.1) is 0 Å². The molecule has 0 aliphatic carbocycles. The van der Waals surface area contributed by atoms with Gasteiger partial charge in [0.2, 0.25) is 11.6 Å². The van der Waals surface area contributed by atoms with Gasteiger partial charge >= 0.3 is 11.7 Å². The monoisotopic (exact) mass is 286 g/mol. The third-order valence-electron chi connectivity index (χ3n) is 3.00. The first-order valence-electron chi connectivity index (χ1n) is 6.04. The molecule has 106 valence electrons. The van der Waals surface area contributed by atoms with Gasteiger partial charge in [0.1, 0.15) is 0 Å². The molecule has 0 bridgehead atoms. The van der Waals surface area contributed by atoms with Crippen LogP contribution >= 0.6 is 0 Å². The van der Waals surface area contributed by atoms with Crippen LogP contribution in [-0.4, -0.2) is 22.6 Å². The molecule has 0 radical (unpaired) electrons. The number of carbonyl (C=O) groups excluding carboxylic acids is 1. The highest BCUT2D eigenvalue weighted by atomic mass is 16.5. The number of para-hydroxylation sites is 1. The Balaban J connectivity index is 2.25. The van der Waals surface area contributed by atoms with Crippen molar-refractivity contribution < 1.29 is 13.9 Å². The average Bonchev–Trinajstić information content (AvgIpc) is 2.96. The smallest absolute Gasteiger partial charge is 0.374 e. The van der Waals surface area contributed by atoms with E-state index in [9.17, 15) is 14.4 Å². The first-order chi connectivity index (χ1) is 10.1. The molecule has 7 heteroatoms. The minimum atomic E-state index is -0.688. The molecule has 21 heavy (non-hydrogen) atoms. The van der Waals surface area contributed by atoms with Crippen molar-refractivity contribution in [3.05, 3.63) is 63.0 Å². The van der Waals surface area contributed by atoms with Gasteiger partial charge in [-0.2, -0.15) is 4.57 Å². The minimum absolute atomic E-state index is 0.0487. The number of ether oxygens (including phenoxy) is 1. The number of rotatable bonds is 2. The van der Waals surface area contributed by atoms with Gasteiger partial charge in [0, 0.05) is 6.07 Å². The summed E-state index contributed by atoms with van der Waals surface area (Å²) < 4.78 is 10.5. The SMILES string of the molecule is COC(=O)c1ccc(-n2c(=O)[nH]c3ccccc3c2=O)o1. The molecule has 0 fully saturated rings. The Hall–Kier alpha value is -3.09. The van der Waals surface area contributed by atoms with Gasteiger partial charge in [-0.3, -0.25) is 4.79 Å².